The lowest BCUT2D eigenvalue weighted by atomic mass is 10.1. The van der Waals surface area contributed by atoms with Gasteiger partial charge in [0.1, 0.15) is 0 Å². The van der Waals surface area contributed by atoms with Crippen molar-refractivity contribution in [2.45, 2.75) is 26.3 Å². The third-order valence-corrected chi connectivity index (χ3v) is 2.26. The summed E-state index contributed by atoms with van der Waals surface area (Å²) in [6.45, 7) is 5.92. The highest BCUT2D eigenvalue weighted by Gasteiger charge is 2.01. The van der Waals surface area contributed by atoms with Crippen LogP contribution in [0.3, 0.4) is 0 Å². The summed E-state index contributed by atoms with van der Waals surface area (Å²) in [6, 6.07) is 9.15. The Balaban J connectivity index is 2.43. The van der Waals surface area contributed by atoms with Crippen LogP contribution in [0.1, 0.15) is 18.1 Å². The zero-order chi connectivity index (χ0) is 10.4. The molecule has 2 nitrogen and oxygen atoms in total. The van der Waals surface area contributed by atoms with E-state index in [4.69, 9.17) is 5.73 Å². The van der Waals surface area contributed by atoms with E-state index in [1.165, 1.54) is 11.1 Å². The smallest absolute Gasteiger partial charge is 0.00796 e. The van der Waals surface area contributed by atoms with Crippen LogP contribution in [0, 0.1) is 6.92 Å². The molecule has 0 aliphatic carbocycles. The van der Waals surface area contributed by atoms with Gasteiger partial charge in [0.15, 0.2) is 0 Å². The van der Waals surface area contributed by atoms with Crippen LogP contribution in [-0.2, 0) is 6.42 Å². The van der Waals surface area contributed by atoms with Crippen molar-refractivity contribution in [3.63, 3.8) is 0 Å². The number of aryl methyl sites for hydroxylation is 1. The lowest BCUT2D eigenvalue weighted by Crippen LogP contribution is -2.32. The molecule has 1 rings (SSSR count). The number of hydrogen-bond donors (Lipinski definition) is 2. The molecular weight excluding hydrogens is 172 g/mol. The van der Waals surface area contributed by atoms with Gasteiger partial charge in [0.05, 0.1) is 0 Å². The van der Waals surface area contributed by atoms with Crippen LogP contribution in [0.5, 0.6) is 0 Å². The van der Waals surface area contributed by atoms with Crippen molar-refractivity contribution in [3.05, 3.63) is 35.4 Å². The summed E-state index contributed by atoms with van der Waals surface area (Å²) in [7, 11) is 0. The molecular formula is C12H20N2. The van der Waals surface area contributed by atoms with Gasteiger partial charge >= 0.3 is 0 Å². The van der Waals surface area contributed by atoms with Gasteiger partial charge in [0.25, 0.3) is 0 Å². The molecule has 14 heavy (non-hydrogen) atoms. The molecule has 1 unspecified atom stereocenters. The molecule has 78 valence electrons. The topological polar surface area (TPSA) is 38.0 Å². The number of nitrogens with two attached hydrogens (primary N) is 1. The number of nitrogens with one attached hydrogen (secondary N) is 1. The second-order valence-electron chi connectivity index (χ2n) is 3.84. The van der Waals surface area contributed by atoms with Crippen molar-refractivity contribution in [2.75, 3.05) is 13.1 Å². The lowest BCUT2D eigenvalue weighted by molar-refractivity contribution is 0.553. The first-order valence-electron chi connectivity index (χ1n) is 5.21. The number of rotatable bonds is 5. The van der Waals surface area contributed by atoms with E-state index >= 15 is 0 Å². The third-order valence-electron chi connectivity index (χ3n) is 2.26. The van der Waals surface area contributed by atoms with Gasteiger partial charge in [-0.1, -0.05) is 29.8 Å². The molecule has 0 aromatic heterocycles. The molecule has 0 aliphatic rings. The fraction of sp³-hybridized carbons (Fsp3) is 0.500. The molecule has 0 amide bonds. The zero-order valence-corrected chi connectivity index (χ0v) is 9.09. The summed E-state index contributed by atoms with van der Waals surface area (Å²) in [5.41, 5.74) is 8.15. The quantitative estimate of drug-likeness (QED) is 0.741. The van der Waals surface area contributed by atoms with Gasteiger partial charge in [-0.05, 0) is 25.8 Å². The number of benzene rings is 1. The van der Waals surface area contributed by atoms with Crippen LogP contribution in [0.4, 0.5) is 0 Å². The molecule has 0 bridgehead atoms. The van der Waals surface area contributed by atoms with Gasteiger partial charge in [-0.3, -0.25) is 0 Å². The Kier molecular flexibility index (Phi) is 4.63. The highest BCUT2D eigenvalue weighted by Crippen LogP contribution is 2.06. The van der Waals surface area contributed by atoms with Crippen LogP contribution in [-0.4, -0.2) is 19.1 Å². The molecule has 0 saturated carbocycles. The van der Waals surface area contributed by atoms with Crippen LogP contribution in [0.15, 0.2) is 24.3 Å². The Labute approximate surface area is 86.5 Å². The Morgan fingerprint density at radius 3 is 2.86 bits per heavy atom. The minimum atomic E-state index is 0.500. The molecule has 1 aromatic rings. The van der Waals surface area contributed by atoms with Gasteiger partial charge in [-0.25, -0.2) is 0 Å². The Morgan fingerprint density at radius 1 is 1.43 bits per heavy atom. The molecule has 0 aliphatic heterocycles. The maximum atomic E-state index is 5.43. The first kappa shape index (κ1) is 11.2. The van der Waals surface area contributed by atoms with Crippen molar-refractivity contribution in [1.82, 2.24) is 5.32 Å². The molecule has 0 heterocycles. The van der Waals surface area contributed by atoms with E-state index in [0.29, 0.717) is 12.6 Å². The van der Waals surface area contributed by atoms with Crippen molar-refractivity contribution in [1.29, 1.82) is 0 Å². The van der Waals surface area contributed by atoms with Crippen LogP contribution >= 0.6 is 0 Å². The first-order valence-corrected chi connectivity index (χ1v) is 5.21. The SMILES string of the molecule is Cc1cccc(CC(C)NCCN)c1. The van der Waals surface area contributed by atoms with Gasteiger partial charge in [0.2, 0.25) is 0 Å². The summed E-state index contributed by atoms with van der Waals surface area (Å²) in [5, 5.41) is 3.38. The van der Waals surface area contributed by atoms with E-state index in [0.717, 1.165) is 13.0 Å². The predicted molar refractivity (Wildman–Crippen MR) is 61.4 cm³/mol. The predicted octanol–water partition coefficient (Wildman–Crippen LogP) is 1.47. The van der Waals surface area contributed by atoms with Crippen LogP contribution in [0.2, 0.25) is 0 Å². The molecule has 0 spiro atoms. The van der Waals surface area contributed by atoms with Gasteiger partial charge < -0.3 is 11.1 Å². The fourth-order valence-corrected chi connectivity index (χ4v) is 1.59. The van der Waals surface area contributed by atoms with E-state index < -0.39 is 0 Å². The van der Waals surface area contributed by atoms with Gasteiger partial charge in [-0.15, -0.1) is 0 Å². The average Bonchev–Trinajstić information content (AvgIpc) is 2.15. The van der Waals surface area contributed by atoms with Crippen molar-refractivity contribution in [3.8, 4) is 0 Å². The van der Waals surface area contributed by atoms with E-state index in [2.05, 4.69) is 43.4 Å². The average molecular weight is 192 g/mol. The van der Waals surface area contributed by atoms with Gasteiger partial charge in [0, 0.05) is 19.1 Å². The highest BCUT2D eigenvalue weighted by atomic mass is 14.9. The maximum absolute atomic E-state index is 5.43. The van der Waals surface area contributed by atoms with Crippen molar-refractivity contribution >= 4 is 0 Å². The second-order valence-corrected chi connectivity index (χ2v) is 3.84. The molecule has 0 radical (unpaired) electrons. The molecule has 1 aromatic carbocycles. The minimum absolute atomic E-state index is 0.500. The summed E-state index contributed by atoms with van der Waals surface area (Å²) < 4.78 is 0. The highest BCUT2D eigenvalue weighted by molar-refractivity contribution is 5.22. The molecule has 0 saturated heterocycles. The maximum Gasteiger partial charge on any atom is 0.00796 e. The fourth-order valence-electron chi connectivity index (χ4n) is 1.59. The van der Waals surface area contributed by atoms with Gasteiger partial charge in [-0.2, -0.15) is 0 Å². The molecule has 3 N–H and O–H groups in total. The molecule has 0 fully saturated rings. The molecule has 1 atom stereocenters. The van der Waals surface area contributed by atoms with Crippen molar-refractivity contribution < 1.29 is 0 Å². The third kappa shape index (κ3) is 3.90. The zero-order valence-electron chi connectivity index (χ0n) is 9.09. The number of hydrogen-bond acceptors (Lipinski definition) is 2. The lowest BCUT2D eigenvalue weighted by Gasteiger charge is -2.13. The summed E-state index contributed by atoms with van der Waals surface area (Å²) >= 11 is 0. The largest absolute Gasteiger partial charge is 0.329 e. The summed E-state index contributed by atoms with van der Waals surface area (Å²) in [4.78, 5) is 0. The van der Waals surface area contributed by atoms with E-state index in [1.54, 1.807) is 0 Å². The normalized spacial score (nSPS) is 12.8. The molecule has 2 heteroatoms. The second kappa shape index (κ2) is 5.78. The Bertz CT molecular complexity index is 271. The Morgan fingerprint density at radius 2 is 2.21 bits per heavy atom. The monoisotopic (exact) mass is 192 g/mol. The van der Waals surface area contributed by atoms with Crippen LogP contribution < -0.4 is 11.1 Å². The summed E-state index contributed by atoms with van der Waals surface area (Å²) in [5.74, 6) is 0. The van der Waals surface area contributed by atoms with Crippen molar-refractivity contribution in [2.24, 2.45) is 5.73 Å². The van der Waals surface area contributed by atoms with Crippen LogP contribution in [0.25, 0.3) is 0 Å². The standard InChI is InChI=1S/C12H20N2/c1-10-4-3-5-12(8-10)9-11(2)14-7-6-13/h3-5,8,11,14H,6-7,9,13H2,1-2H3. The Hall–Kier alpha value is -0.860. The van der Waals surface area contributed by atoms with E-state index in [9.17, 15) is 0 Å². The minimum Gasteiger partial charge on any atom is -0.329 e. The van der Waals surface area contributed by atoms with E-state index in [-0.39, 0.29) is 0 Å². The summed E-state index contributed by atoms with van der Waals surface area (Å²) in [6.07, 6.45) is 1.07. The van der Waals surface area contributed by atoms with E-state index in [1.807, 2.05) is 0 Å². The first-order chi connectivity index (χ1) is 6.72.